The van der Waals surface area contributed by atoms with E-state index in [0.717, 1.165) is 11.8 Å². The lowest BCUT2D eigenvalue weighted by atomic mass is 10.1. The summed E-state index contributed by atoms with van der Waals surface area (Å²) in [5.74, 6) is -0.437. The number of hydrogen-bond donors (Lipinski definition) is 1. The van der Waals surface area contributed by atoms with Gasteiger partial charge in [0.2, 0.25) is 5.91 Å². The maximum Gasteiger partial charge on any atom is 0.248 e. The summed E-state index contributed by atoms with van der Waals surface area (Å²) >= 11 is 0. The topological polar surface area (TPSA) is 60.2 Å². The number of aldehydes is 1. The molecule has 0 aromatic heterocycles. The molecule has 0 aliphatic heterocycles. The third-order valence-corrected chi connectivity index (χ3v) is 1.74. The van der Waals surface area contributed by atoms with Gasteiger partial charge in [0.05, 0.1) is 0 Å². The minimum atomic E-state index is -0.437. The second-order valence-corrected chi connectivity index (χ2v) is 2.79. The van der Waals surface area contributed by atoms with Gasteiger partial charge in [0.1, 0.15) is 6.29 Å². The molecule has 14 heavy (non-hydrogen) atoms. The molecule has 0 aliphatic rings. The number of hydrogen-bond acceptors (Lipinski definition) is 2. The van der Waals surface area contributed by atoms with Crippen LogP contribution < -0.4 is 5.73 Å². The summed E-state index contributed by atoms with van der Waals surface area (Å²) in [6.45, 7) is 0. The molecule has 0 atom stereocenters. The normalized spacial score (nSPS) is 10.3. The van der Waals surface area contributed by atoms with E-state index in [-0.39, 0.29) is 0 Å². The SMILES string of the molecule is NC(=O)c1ccc(C=CCC=O)cc1. The van der Waals surface area contributed by atoms with Gasteiger partial charge in [-0.05, 0) is 17.7 Å². The number of carbonyl (C=O) groups is 2. The van der Waals surface area contributed by atoms with Crippen LogP contribution in [0.25, 0.3) is 6.08 Å². The van der Waals surface area contributed by atoms with Crippen molar-refractivity contribution in [1.29, 1.82) is 0 Å². The lowest BCUT2D eigenvalue weighted by Gasteiger charge is -1.95. The first kappa shape index (κ1) is 10.2. The highest BCUT2D eigenvalue weighted by molar-refractivity contribution is 5.92. The molecule has 0 unspecified atom stereocenters. The van der Waals surface area contributed by atoms with Crippen LogP contribution in [0.5, 0.6) is 0 Å². The molecule has 1 aromatic carbocycles. The standard InChI is InChI=1S/C11H11NO2/c12-11(14)10-6-4-9(5-7-10)3-1-2-8-13/h1,3-8H,2H2,(H2,12,14). The summed E-state index contributed by atoms with van der Waals surface area (Å²) in [5, 5.41) is 0. The van der Waals surface area contributed by atoms with E-state index >= 15 is 0 Å². The Morgan fingerprint density at radius 2 is 1.93 bits per heavy atom. The van der Waals surface area contributed by atoms with Crippen molar-refractivity contribution in [1.82, 2.24) is 0 Å². The average Bonchev–Trinajstić information content (AvgIpc) is 2.19. The summed E-state index contributed by atoms with van der Waals surface area (Å²) in [6, 6.07) is 6.87. The Labute approximate surface area is 82.2 Å². The van der Waals surface area contributed by atoms with Gasteiger partial charge in [0, 0.05) is 12.0 Å². The van der Waals surface area contributed by atoms with E-state index in [1.54, 1.807) is 30.3 Å². The van der Waals surface area contributed by atoms with Gasteiger partial charge in [-0.15, -0.1) is 0 Å². The largest absolute Gasteiger partial charge is 0.366 e. The van der Waals surface area contributed by atoms with Crippen molar-refractivity contribution in [3.63, 3.8) is 0 Å². The average molecular weight is 189 g/mol. The van der Waals surface area contributed by atoms with Crippen LogP contribution in [0.2, 0.25) is 0 Å². The second kappa shape index (κ2) is 4.97. The number of allylic oxidation sites excluding steroid dienone is 1. The van der Waals surface area contributed by atoms with E-state index in [1.807, 2.05) is 6.08 Å². The van der Waals surface area contributed by atoms with Crippen LogP contribution in [0, 0.1) is 0 Å². The molecule has 3 nitrogen and oxygen atoms in total. The Balaban J connectivity index is 2.73. The highest BCUT2D eigenvalue weighted by Crippen LogP contribution is 2.05. The zero-order valence-electron chi connectivity index (χ0n) is 7.64. The smallest absolute Gasteiger partial charge is 0.248 e. The second-order valence-electron chi connectivity index (χ2n) is 2.79. The summed E-state index contributed by atoms with van der Waals surface area (Å²) < 4.78 is 0. The highest BCUT2D eigenvalue weighted by atomic mass is 16.1. The molecule has 0 bridgehead atoms. The maximum absolute atomic E-state index is 10.7. The van der Waals surface area contributed by atoms with Crippen molar-refractivity contribution in [2.45, 2.75) is 6.42 Å². The van der Waals surface area contributed by atoms with Gasteiger partial charge >= 0.3 is 0 Å². The number of amides is 1. The minimum absolute atomic E-state index is 0.400. The van der Waals surface area contributed by atoms with Crippen molar-refractivity contribution >= 4 is 18.3 Å². The quantitative estimate of drug-likeness (QED) is 0.727. The Bertz CT molecular complexity index is 352. The van der Waals surface area contributed by atoms with Crippen molar-refractivity contribution in [2.24, 2.45) is 5.73 Å². The van der Waals surface area contributed by atoms with Crippen LogP contribution in [0.3, 0.4) is 0 Å². The lowest BCUT2D eigenvalue weighted by Crippen LogP contribution is -2.10. The predicted octanol–water partition coefficient (Wildman–Crippen LogP) is 1.39. The van der Waals surface area contributed by atoms with E-state index in [4.69, 9.17) is 5.73 Å². The molecule has 3 heteroatoms. The molecular weight excluding hydrogens is 178 g/mol. The molecule has 0 fully saturated rings. The van der Waals surface area contributed by atoms with Crippen molar-refractivity contribution in [3.8, 4) is 0 Å². The Kier molecular flexibility index (Phi) is 3.61. The molecule has 0 heterocycles. The first-order valence-electron chi connectivity index (χ1n) is 4.24. The van der Waals surface area contributed by atoms with Gasteiger partial charge in [-0.1, -0.05) is 24.3 Å². The van der Waals surface area contributed by atoms with Crippen LogP contribution in [-0.4, -0.2) is 12.2 Å². The fraction of sp³-hybridized carbons (Fsp3) is 0.0909. The lowest BCUT2D eigenvalue weighted by molar-refractivity contribution is -0.107. The Hall–Kier alpha value is -1.90. The van der Waals surface area contributed by atoms with Crippen molar-refractivity contribution in [2.75, 3.05) is 0 Å². The van der Waals surface area contributed by atoms with E-state index in [0.29, 0.717) is 12.0 Å². The zero-order chi connectivity index (χ0) is 10.4. The highest BCUT2D eigenvalue weighted by Gasteiger charge is 1.97. The molecular formula is C11H11NO2. The molecule has 0 aliphatic carbocycles. The van der Waals surface area contributed by atoms with Gasteiger partial charge in [-0.3, -0.25) is 4.79 Å². The number of rotatable bonds is 4. The first-order chi connectivity index (χ1) is 6.74. The van der Waals surface area contributed by atoms with Crippen LogP contribution in [-0.2, 0) is 4.79 Å². The van der Waals surface area contributed by atoms with E-state index in [2.05, 4.69) is 0 Å². The van der Waals surface area contributed by atoms with Crippen LogP contribution in [0.4, 0.5) is 0 Å². The van der Waals surface area contributed by atoms with E-state index < -0.39 is 5.91 Å². The maximum atomic E-state index is 10.7. The third kappa shape index (κ3) is 2.86. The molecule has 0 spiro atoms. The number of benzene rings is 1. The third-order valence-electron chi connectivity index (χ3n) is 1.74. The monoisotopic (exact) mass is 189 g/mol. The minimum Gasteiger partial charge on any atom is -0.366 e. The number of carbonyl (C=O) groups excluding carboxylic acids is 2. The predicted molar refractivity (Wildman–Crippen MR) is 54.7 cm³/mol. The van der Waals surface area contributed by atoms with E-state index in [1.165, 1.54) is 0 Å². The molecule has 1 rings (SSSR count). The Morgan fingerprint density at radius 3 is 2.43 bits per heavy atom. The molecule has 0 radical (unpaired) electrons. The van der Waals surface area contributed by atoms with Crippen molar-refractivity contribution in [3.05, 3.63) is 41.5 Å². The van der Waals surface area contributed by atoms with Gasteiger partial charge in [0.15, 0.2) is 0 Å². The summed E-state index contributed by atoms with van der Waals surface area (Å²) in [6.07, 6.45) is 4.80. The van der Waals surface area contributed by atoms with Crippen LogP contribution >= 0.6 is 0 Å². The summed E-state index contributed by atoms with van der Waals surface area (Å²) in [4.78, 5) is 20.8. The summed E-state index contributed by atoms with van der Waals surface area (Å²) in [5.41, 5.74) is 6.51. The van der Waals surface area contributed by atoms with Gasteiger partial charge in [-0.2, -0.15) is 0 Å². The first-order valence-corrected chi connectivity index (χ1v) is 4.24. The van der Waals surface area contributed by atoms with Crippen LogP contribution in [0.1, 0.15) is 22.3 Å². The molecule has 0 saturated heterocycles. The number of primary amides is 1. The van der Waals surface area contributed by atoms with Gasteiger partial charge in [-0.25, -0.2) is 0 Å². The van der Waals surface area contributed by atoms with Crippen LogP contribution in [0.15, 0.2) is 30.3 Å². The molecule has 1 amide bonds. The molecule has 0 saturated carbocycles. The number of nitrogens with two attached hydrogens (primary N) is 1. The van der Waals surface area contributed by atoms with Crippen molar-refractivity contribution < 1.29 is 9.59 Å². The summed E-state index contributed by atoms with van der Waals surface area (Å²) in [7, 11) is 0. The zero-order valence-corrected chi connectivity index (χ0v) is 7.64. The van der Waals surface area contributed by atoms with Gasteiger partial charge < -0.3 is 10.5 Å². The molecule has 2 N–H and O–H groups in total. The van der Waals surface area contributed by atoms with E-state index in [9.17, 15) is 9.59 Å². The fourth-order valence-electron chi connectivity index (χ4n) is 1.02. The van der Waals surface area contributed by atoms with Gasteiger partial charge in [0.25, 0.3) is 0 Å². The Morgan fingerprint density at radius 1 is 1.29 bits per heavy atom. The molecule has 1 aromatic rings. The molecule has 72 valence electrons. The fourth-order valence-corrected chi connectivity index (χ4v) is 1.02.